The van der Waals surface area contributed by atoms with Crippen LogP contribution in [0.25, 0.3) is 0 Å². The highest BCUT2D eigenvalue weighted by atomic mass is 32.2. The van der Waals surface area contributed by atoms with E-state index in [1.165, 1.54) is 19.1 Å². The van der Waals surface area contributed by atoms with Gasteiger partial charge in [-0.1, -0.05) is 25.0 Å². The molecule has 0 amide bonds. The molecule has 1 aliphatic carbocycles. The molecule has 8 heteroatoms. The van der Waals surface area contributed by atoms with Crippen LogP contribution in [0.15, 0.2) is 23.1 Å². The van der Waals surface area contributed by atoms with E-state index in [1.54, 1.807) is 0 Å². The van der Waals surface area contributed by atoms with Crippen LogP contribution in [-0.4, -0.2) is 18.9 Å². The molecule has 1 fully saturated rings. The summed E-state index contributed by atoms with van der Waals surface area (Å²) in [7, 11) is -4.13. The van der Waals surface area contributed by atoms with Gasteiger partial charge in [-0.15, -0.1) is 0 Å². The van der Waals surface area contributed by atoms with Crippen molar-refractivity contribution in [3.05, 3.63) is 33.9 Å². The van der Waals surface area contributed by atoms with Gasteiger partial charge in [0.2, 0.25) is 10.0 Å². The third-order valence-corrected chi connectivity index (χ3v) is 5.39. The molecule has 0 unspecified atom stereocenters. The van der Waals surface area contributed by atoms with Gasteiger partial charge < -0.3 is 0 Å². The molecule has 1 aliphatic rings. The van der Waals surface area contributed by atoms with Crippen LogP contribution >= 0.6 is 0 Å². The van der Waals surface area contributed by atoms with Crippen LogP contribution in [0.4, 0.5) is 5.69 Å². The summed E-state index contributed by atoms with van der Waals surface area (Å²) in [5.74, 6) is 0. The molecule has 21 heavy (non-hydrogen) atoms. The maximum Gasteiger partial charge on any atom is 0.289 e. The lowest BCUT2D eigenvalue weighted by Gasteiger charge is -2.22. The highest BCUT2D eigenvalue weighted by molar-refractivity contribution is 7.89. The zero-order chi connectivity index (χ0) is 15.7. The van der Waals surface area contributed by atoms with Crippen LogP contribution in [0, 0.1) is 28.4 Å². The molecule has 0 atom stereocenters. The maximum atomic E-state index is 12.5. The first-order chi connectivity index (χ1) is 9.81. The first-order valence-corrected chi connectivity index (χ1v) is 7.99. The van der Waals surface area contributed by atoms with Crippen molar-refractivity contribution in [1.82, 2.24) is 4.72 Å². The Bertz CT molecular complexity index is 715. The predicted octanol–water partition coefficient (Wildman–Crippen LogP) is 2.02. The molecule has 1 N–H and O–H groups in total. The SMILES string of the molecule is Cc1cccc([N+](=O)[O-])c1S(=O)(=O)NC1(C#N)CCCC1. The van der Waals surface area contributed by atoms with Gasteiger partial charge in [-0.2, -0.15) is 9.98 Å². The zero-order valence-electron chi connectivity index (χ0n) is 11.5. The summed E-state index contributed by atoms with van der Waals surface area (Å²) in [6.45, 7) is 1.50. The van der Waals surface area contributed by atoms with E-state index in [9.17, 15) is 23.8 Å². The van der Waals surface area contributed by atoms with E-state index in [-0.39, 0.29) is 10.5 Å². The number of hydrogen-bond acceptors (Lipinski definition) is 5. The molecular weight excluding hydrogens is 294 g/mol. The Kier molecular flexibility index (Phi) is 3.98. The second-order valence-corrected chi connectivity index (χ2v) is 6.81. The quantitative estimate of drug-likeness (QED) is 0.675. The highest BCUT2D eigenvalue weighted by Gasteiger charge is 2.40. The summed E-state index contributed by atoms with van der Waals surface area (Å²) in [5.41, 5.74) is -1.36. The molecule has 1 aromatic carbocycles. The summed E-state index contributed by atoms with van der Waals surface area (Å²) < 4.78 is 27.4. The average molecular weight is 309 g/mol. The van der Waals surface area contributed by atoms with Crippen LogP contribution in [0.2, 0.25) is 0 Å². The summed E-state index contributed by atoms with van der Waals surface area (Å²) in [6, 6.07) is 6.09. The Morgan fingerprint density at radius 3 is 2.52 bits per heavy atom. The van der Waals surface area contributed by atoms with Gasteiger partial charge >= 0.3 is 0 Å². The molecular formula is C13H15N3O4S. The topological polar surface area (TPSA) is 113 Å². The third kappa shape index (κ3) is 2.89. The van der Waals surface area contributed by atoms with E-state index in [0.717, 1.165) is 18.9 Å². The van der Waals surface area contributed by atoms with E-state index in [0.29, 0.717) is 12.8 Å². The second kappa shape index (κ2) is 5.42. The standard InChI is InChI=1S/C13H15N3O4S/c1-10-5-4-6-11(16(17)18)12(10)21(19,20)15-13(9-14)7-2-3-8-13/h4-6,15H,2-3,7-8H2,1H3. The summed E-state index contributed by atoms with van der Waals surface area (Å²) in [4.78, 5) is 9.96. The van der Waals surface area contributed by atoms with Crippen molar-refractivity contribution in [1.29, 1.82) is 5.26 Å². The van der Waals surface area contributed by atoms with Crippen LogP contribution in [0.3, 0.4) is 0 Å². The molecule has 0 aliphatic heterocycles. The summed E-state index contributed by atoms with van der Waals surface area (Å²) >= 11 is 0. The minimum atomic E-state index is -4.13. The Labute approximate surface area is 122 Å². The van der Waals surface area contributed by atoms with Crippen LogP contribution in [-0.2, 0) is 10.0 Å². The fourth-order valence-electron chi connectivity index (χ4n) is 2.65. The van der Waals surface area contributed by atoms with Crippen molar-refractivity contribution in [2.45, 2.75) is 43.0 Å². The number of nitrogens with zero attached hydrogens (tertiary/aromatic N) is 2. The molecule has 0 saturated heterocycles. The van der Waals surface area contributed by atoms with Crippen LogP contribution in [0.5, 0.6) is 0 Å². The lowest BCUT2D eigenvalue weighted by Crippen LogP contribution is -2.45. The Hall–Kier alpha value is -1.98. The normalized spacial score (nSPS) is 17.3. The average Bonchev–Trinajstić information content (AvgIpc) is 2.86. The van der Waals surface area contributed by atoms with Crippen molar-refractivity contribution in [3.63, 3.8) is 0 Å². The minimum absolute atomic E-state index is 0.280. The van der Waals surface area contributed by atoms with Crippen LogP contribution in [0.1, 0.15) is 31.2 Å². The van der Waals surface area contributed by atoms with Gasteiger partial charge in [-0.25, -0.2) is 8.42 Å². The van der Waals surface area contributed by atoms with E-state index < -0.39 is 26.2 Å². The molecule has 0 aromatic heterocycles. The van der Waals surface area contributed by atoms with Gasteiger partial charge in [0.25, 0.3) is 5.69 Å². The first-order valence-electron chi connectivity index (χ1n) is 6.51. The van der Waals surface area contributed by atoms with Gasteiger partial charge in [0, 0.05) is 6.07 Å². The molecule has 1 aromatic rings. The molecule has 2 rings (SSSR count). The molecule has 1 saturated carbocycles. The largest absolute Gasteiger partial charge is 0.289 e. The summed E-state index contributed by atoms with van der Waals surface area (Å²) in [5, 5.41) is 20.3. The molecule has 112 valence electrons. The van der Waals surface area contributed by atoms with Crippen molar-refractivity contribution >= 4 is 15.7 Å². The Balaban J connectivity index is 2.51. The first kappa shape index (κ1) is 15.4. The molecule has 0 bridgehead atoms. The van der Waals surface area contributed by atoms with Gasteiger partial charge in [0.1, 0.15) is 5.54 Å². The zero-order valence-corrected chi connectivity index (χ0v) is 12.3. The maximum absolute atomic E-state index is 12.5. The molecule has 0 heterocycles. The smallest absolute Gasteiger partial charge is 0.258 e. The van der Waals surface area contributed by atoms with E-state index in [1.807, 2.05) is 6.07 Å². The Morgan fingerprint density at radius 2 is 2.00 bits per heavy atom. The minimum Gasteiger partial charge on any atom is -0.258 e. The number of sulfonamides is 1. The van der Waals surface area contributed by atoms with Gasteiger partial charge in [-0.05, 0) is 25.3 Å². The van der Waals surface area contributed by atoms with E-state index >= 15 is 0 Å². The number of nitro groups is 1. The van der Waals surface area contributed by atoms with E-state index in [2.05, 4.69) is 4.72 Å². The number of benzene rings is 1. The number of hydrogen-bond donors (Lipinski definition) is 1. The summed E-state index contributed by atoms with van der Waals surface area (Å²) in [6.07, 6.45) is 2.35. The number of nitro benzene ring substituents is 1. The number of nitrogens with one attached hydrogen (secondary N) is 1. The van der Waals surface area contributed by atoms with E-state index in [4.69, 9.17) is 0 Å². The van der Waals surface area contributed by atoms with Gasteiger partial charge in [0.05, 0.1) is 11.0 Å². The molecule has 7 nitrogen and oxygen atoms in total. The molecule has 0 spiro atoms. The fraction of sp³-hybridized carbons (Fsp3) is 0.462. The fourth-order valence-corrected chi connectivity index (χ4v) is 4.43. The van der Waals surface area contributed by atoms with Gasteiger partial charge in [-0.3, -0.25) is 10.1 Å². The van der Waals surface area contributed by atoms with Crippen molar-refractivity contribution in [2.75, 3.05) is 0 Å². The highest BCUT2D eigenvalue weighted by Crippen LogP contribution is 2.33. The second-order valence-electron chi connectivity index (χ2n) is 5.19. The van der Waals surface area contributed by atoms with Crippen LogP contribution < -0.4 is 4.72 Å². The molecule has 0 radical (unpaired) electrons. The lowest BCUT2D eigenvalue weighted by molar-refractivity contribution is -0.387. The monoisotopic (exact) mass is 309 g/mol. The number of rotatable bonds is 4. The van der Waals surface area contributed by atoms with Crippen molar-refractivity contribution in [2.24, 2.45) is 0 Å². The number of aryl methyl sites for hydroxylation is 1. The van der Waals surface area contributed by atoms with Gasteiger partial charge in [0.15, 0.2) is 4.90 Å². The van der Waals surface area contributed by atoms with Crippen molar-refractivity contribution < 1.29 is 13.3 Å². The predicted molar refractivity (Wildman–Crippen MR) is 75.0 cm³/mol. The third-order valence-electron chi connectivity index (χ3n) is 3.66. The lowest BCUT2D eigenvalue weighted by atomic mass is 10.0. The Morgan fingerprint density at radius 1 is 1.38 bits per heavy atom. The van der Waals surface area contributed by atoms with Crippen molar-refractivity contribution in [3.8, 4) is 6.07 Å². The number of nitriles is 1.